The van der Waals surface area contributed by atoms with Gasteiger partial charge in [-0.3, -0.25) is 0 Å². The molecule has 0 bridgehead atoms. The highest BCUT2D eigenvalue weighted by molar-refractivity contribution is 5.39. The number of pyridine rings is 1. The summed E-state index contributed by atoms with van der Waals surface area (Å²) in [7, 11) is 0. The van der Waals surface area contributed by atoms with Gasteiger partial charge in [-0.2, -0.15) is 5.26 Å². The fourth-order valence-electron chi connectivity index (χ4n) is 1.61. The fourth-order valence-corrected chi connectivity index (χ4v) is 1.61. The molecule has 0 amide bonds. The third-order valence-electron chi connectivity index (χ3n) is 2.72. The molecule has 1 aromatic heterocycles. The summed E-state index contributed by atoms with van der Waals surface area (Å²) in [5.41, 5.74) is 6.80. The zero-order valence-corrected chi connectivity index (χ0v) is 10.7. The number of hydrogen-bond acceptors (Lipinski definition) is 4. The summed E-state index contributed by atoms with van der Waals surface area (Å²) >= 11 is 0. The molecule has 0 saturated carbocycles. The minimum atomic E-state index is 0.00431. The molecule has 4 heteroatoms. The van der Waals surface area contributed by atoms with Crippen LogP contribution in [0.25, 0.3) is 0 Å². The molecule has 1 rings (SSSR count). The number of nitrogens with two attached hydrogens (primary N) is 1. The highest BCUT2D eigenvalue weighted by Crippen LogP contribution is 2.15. The van der Waals surface area contributed by atoms with Gasteiger partial charge >= 0.3 is 0 Å². The molecule has 4 nitrogen and oxygen atoms in total. The van der Waals surface area contributed by atoms with Crippen molar-refractivity contribution < 1.29 is 0 Å². The van der Waals surface area contributed by atoms with Gasteiger partial charge in [0.15, 0.2) is 0 Å². The highest BCUT2D eigenvalue weighted by Gasteiger charge is 2.10. The smallest absolute Gasteiger partial charge is 0.128 e. The lowest BCUT2D eigenvalue weighted by Crippen LogP contribution is -2.28. The van der Waals surface area contributed by atoms with Gasteiger partial charge in [0, 0.05) is 25.3 Å². The molecule has 0 aliphatic heterocycles. The van der Waals surface area contributed by atoms with Gasteiger partial charge < -0.3 is 10.6 Å². The Morgan fingerprint density at radius 3 is 2.59 bits per heavy atom. The van der Waals surface area contributed by atoms with Crippen LogP contribution < -0.4 is 10.6 Å². The predicted molar refractivity (Wildman–Crippen MR) is 69.5 cm³/mol. The minimum absolute atomic E-state index is 0.00431. The van der Waals surface area contributed by atoms with E-state index in [-0.39, 0.29) is 12.0 Å². The highest BCUT2D eigenvalue weighted by atomic mass is 15.2. The van der Waals surface area contributed by atoms with E-state index in [0.29, 0.717) is 6.54 Å². The van der Waals surface area contributed by atoms with Crippen LogP contribution in [0.3, 0.4) is 0 Å². The number of rotatable bonds is 5. The normalized spacial score (nSPS) is 13.8. The predicted octanol–water partition coefficient (Wildman–Crippen LogP) is 2.09. The van der Waals surface area contributed by atoms with E-state index in [2.05, 4.69) is 22.9 Å². The maximum absolute atomic E-state index is 8.83. The maximum Gasteiger partial charge on any atom is 0.128 e. The van der Waals surface area contributed by atoms with Gasteiger partial charge in [-0.1, -0.05) is 6.07 Å². The first-order valence-electron chi connectivity index (χ1n) is 5.94. The molecular weight excluding hydrogens is 212 g/mol. The van der Waals surface area contributed by atoms with Crippen molar-refractivity contribution in [3.8, 4) is 6.07 Å². The van der Waals surface area contributed by atoms with Crippen molar-refractivity contribution in [2.45, 2.75) is 26.8 Å². The second-order valence-electron chi connectivity index (χ2n) is 4.31. The molecule has 1 aromatic rings. The van der Waals surface area contributed by atoms with Crippen LogP contribution in [-0.4, -0.2) is 18.1 Å². The van der Waals surface area contributed by atoms with E-state index in [0.717, 1.165) is 17.9 Å². The summed E-state index contributed by atoms with van der Waals surface area (Å²) in [5, 5.41) is 8.83. The van der Waals surface area contributed by atoms with E-state index in [9.17, 15) is 0 Å². The Balaban J connectivity index is 2.79. The van der Waals surface area contributed by atoms with Crippen molar-refractivity contribution >= 4 is 5.82 Å². The molecule has 1 unspecified atom stereocenters. The van der Waals surface area contributed by atoms with E-state index in [1.165, 1.54) is 0 Å². The molecule has 0 spiro atoms. The average molecular weight is 232 g/mol. The number of nitriles is 1. The standard InChI is InChI=1S/C13H20N4/c1-4-17(9-10(2)7-14)13-6-5-12(8-16-13)11(3)15/h5-6,8,10-11H,4,9,15H2,1-3H3/t10?,11-/m1/s1. The number of hydrogen-bond donors (Lipinski definition) is 1. The third kappa shape index (κ3) is 3.72. The first-order valence-corrected chi connectivity index (χ1v) is 5.94. The summed E-state index contributed by atoms with van der Waals surface area (Å²) in [4.78, 5) is 6.49. The fraction of sp³-hybridized carbons (Fsp3) is 0.538. The largest absolute Gasteiger partial charge is 0.356 e. The monoisotopic (exact) mass is 232 g/mol. The zero-order chi connectivity index (χ0) is 12.8. The molecule has 0 aromatic carbocycles. The van der Waals surface area contributed by atoms with Crippen LogP contribution in [0.5, 0.6) is 0 Å². The van der Waals surface area contributed by atoms with Crippen molar-refractivity contribution in [3.05, 3.63) is 23.9 Å². The quantitative estimate of drug-likeness (QED) is 0.844. The van der Waals surface area contributed by atoms with E-state index in [1.54, 1.807) is 6.20 Å². The number of nitrogens with zero attached hydrogens (tertiary/aromatic N) is 3. The lowest BCUT2D eigenvalue weighted by Gasteiger charge is -2.23. The van der Waals surface area contributed by atoms with Crippen LogP contribution in [0.4, 0.5) is 5.82 Å². The first-order chi connectivity index (χ1) is 8.08. The molecule has 0 fully saturated rings. The molecule has 0 saturated heterocycles. The van der Waals surface area contributed by atoms with Crippen molar-refractivity contribution in [2.24, 2.45) is 11.7 Å². The Kier molecular flexibility index (Phi) is 4.92. The minimum Gasteiger partial charge on any atom is -0.356 e. The van der Waals surface area contributed by atoms with Gasteiger partial charge in [0.05, 0.1) is 12.0 Å². The molecule has 17 heavy (non-hydrogen) atoms. The van der Waals surface area contributed by atoms with Crippen LogP contribution in [0.2, 0.25) is 0 Å². The van der Waals surface area contributed by atoms with Crippen molar-refractivity contribution in [2.75, 3.05) is 18.0 Å². The second-order valence-corrected chi connectivity index (χ2v) is 4.31. The van der Waals surface area contributed by atoms with Crippen molar-refractivity contribution in [3.63, 3.8) is 0 Å². The molecule has 0 radical (unpaired) electrons. The molecule has 92 valence electrons. The molecule has 2 atom stereocenters. The molecular formula is C13H20N4. The van der Waals surface area contributed by atoms with Crippen LogP contribution in [0.1, 0.15) is 32.4 Å². The zero-order valence-electron chi connectivity index (χ0n) is 10.7. The summed E-state index contributed by atoms with van der Waals surface area (Å²) in [6.45, 7) is 7.46. The Hall–Kier alpha value is -1.60. The van der Waals surface area contributed by atoms with Gasteiger partial charge in [0.25, 0.3) is 0 Å². The van der Waals surface area contributed by atoms with Crippen molar-refractivity contribution in [1.82, 2.24) is 4.98 Å². The Labute approximate surface area is 103 Å². The Morgan fingerprint density at radius 2 is 2.18 bits per heavy atom. The molecule has 2 N–H and O–H groups in total. The summed E-state index contributed by atoms with van der Waals surface area (Å²) < 4.78 is 0. The van der Waals surface area contributed by atoms with Gasteiger partial charge in [-0.05, 0) is 32.4 Å². The topological polar surface area (TPSA) is 65.9 Å². The van der Waals surface area contributed by atoms with Gasteiger partial charge in [0.1, 0.15) is 5.82 Å². The van der Waals surface area contributed by atoms with E-state index in [1.807, 2.05) is 26.0 Å². The van der Waals surface area contributed by atoms with Crippen molar-refractivity contribution in [1.29, 1.82) is 5.26 Å². The third-order valence-corrected chi connectivity index (χ3v) is 2.72. The molecule has 0 aliphatic carbocycles. The van der Waals surface area contributed by atoms with Gasteiger partial charge in [0.2, 0.25) is 0 Å². The van der Waals surface area contributed by atoms with Crippen LogP contribution >= 0.6 is 0 Å². The number of aromatic nitrogens is 1. The van der Waals surface area contributed by atoms with Gasteiger partial charge in [-0.25, -0.2) is 4.98 Å². The van der Waals surface area contributed by atoms with E-state index in [4.69, 9.17) is 11.0 Å². The maximum atomic E-state index is 8.83. The molecule has 0 aliphatic rings. The summed E-state index contributed by atoms with van der Waals surface area (Å²) in [6.07, 6.45) is 1.81. The molecule has 1 heterocycles. The first kappa shape index (κ1) is 13.5. The Bertz CT molecular complexity index is 377. The van der Waals surface area contributed by atoms with E-state index < -0.39 is 0 Å². The lowest BCUT2D eigenvalue weighted by atomic mass is 10.1. The number of anilines is 1. The van der Waals surface area contributed by atoms with Crippen LogP contribution in [0, 0.1) is 17.2 Å². The Morgan fingerprint density at radius 1 is 1.47 bits per heavy atom. The summed E-state index contributed by atoms with van der Waals surface area (Å²) in [5.74, 6) is 0.906. The lowest BCUT2D eigenvalue weighted by molar-refractivity contribution is 0.678. The average Bonchev–Trinajstić information content (AvgIpc) is 2.35. The van der Waals surface area contributed by atoms with Crippen LogP contribution in [0.15, 0.2) is 18.3 Å². The second kappa shape index (κ2) is 6.21. The SMILES string of the molecule is CCN(CC(C)C#N)c1ccc([C@@H](C)N)cn1. The van der Waals surface area contributed by atoms with Crippen LogP contribution in [-0.2, 0) is 0 Å². The van der Waals surface area contributed by atoms with Gasteiger partial charge in [-0.15, -0.1) is 0 Å². The van der Waals surface area contributed by atoms with E-state index >= 15 is 0 Å². The summed E-state index contributed by atoms with van der Waals surface area (Å²) in [6, 6.07) is 6.20.